The summed E-state index contributed by atoms with van der Waals surface area (Å²) in [5.41, 5.74) is 1.80. The average Bonchev–Trinajstić information content (AvgIpc) is 2.39. The molecule has 1 saturated heterocycles. The van der Waals surface area contributed by atoms with Gasteiger partial charge >= 0.3 is 0 Å². The summed E-state index contributed by atoms with van der Waals surface area (Å²) in [6.07, 6.45) is 1.40. The van der Waals surface area contributed by atoms with Crippen molar-refractivity contribution in [3.05, 3.63) is 23.4 Å². The molecule has 4 nitrogen and oxygen atoms in total. The topological polar surface area (TPSA) is 45.6 Å². The van der Waals surface area contributed by atoms with Gasteiger partial charge in [-0.15, -0.1) is 0 Å². The molecule has 4 heteroatoms. The van der Waals surface area contributed by atoms with Gasteiger partial charge in [-0.25, -0.2) is 4.98 Å². The van der Waals surface area contributed by atoms with Gasteiger partial charge < -0.3 is 14.7 Å². The molecule has 18 heavy (non-hydrogen) atoms. The number of hydrogen-bond donors (Lipinski definition) is 1. The number of aryl methyl sites for hydroxylation is 1. The van der Waals surface area contributed by atoms with Crippen molar-refractivity contribution in [2.24, 2.45) is 5.92 Å². The Morgan fingerprint density at radius 1 is 1.50 bits per heavy atom. The van der Waals surface area contributed by atoms with E-state index < -0.39 is 0 Å². The Balaban J connectivity index is 2.14. The number of rotatable bonds is 3. The van der Waals surface area contributed by atoms with E-state index in [-0.39, 0.29) is 12.7 Å². The van der Waals surface area contributed by atoms with Crippen molar-refractivity contribution in [3.63, 3.8) is 0 Å². The van der Waals surface area contributed by atoms with E-state index in [2.05, 4.69) is 16.8 Å². The van der Waals surface area contributed by atoms with E-state index >= 15 is 0 Å². The summed E-state index contributed by atoms with van der Waals surface area (Å²) in [7, 11) is 1.78. The zero-order valence-electron chi connectivity index (χ0n) is 11.4. The second-order valence-electron chi connectivity index (χ2n) is 5.06. The minimum Gasteiger partial charge on any atom is -0.392 e. The molecular formula is C14H22N2O2. The highest BCUT2D eigenvalue weighted by Crippen LogP contribution is 2.24. The third-order valence-electron chi connectivity index (χ3n) is 3.87. The van der Waals surface area contributed by atoms with Crippen LogP contribution in [0.5, 0.6) is 0 Å². The van der Waals surface area contributed by atoms with Crippen molar-refractivity contribution in [2.75, 3.05) is 25.1 Å². The normalized spacial score (nSPS) is 24.3. The average molecular weight is 250 g/mol. The molecule has 0 spiro atoms. The number of hydrogen-bond acceptors (Lipinski definition) is 4. The third kappa shape index (κ3) is 2.65. The maximum Gasteiger partial charge on any atom is 0.128 e. The van der Waals surface area contributed by atoms with Crippen LogP contribution in [-0.2, 0) is 11.3 Å². The van der Waals surface area contributed by atoms with Crippen LogP contribution in [-0.4, -0.2) is 36.4 Å². The first kappa shape index (κ1) is 13.3. The number of nitrogens with zero attached hydrogens (tertiary/aromatic N) is 2. The van der Waals surface area contributed by atoms with Crippen molar-refractivity contribution in [3.8, 4) is 0 Å². The van der Waals surface area contributed by atoms with Gasteiger partial charge in [-0.1, -0.05) is 13.0 Å². The number of aliphatic hydroxyl groups excluding tert-OH is 1. The lowest BCUT2D eigenvalue weighted by atomic mass is 9.96. The molecule has 0 saturated carbocycles. The Morgan fingerprint density at radius 2 is 2.28 bits per heavy atom. The summed E-state index contributed by atoms with van der Waals surface area (Å²) < 4.78 is 5.52. The van der Waals surface area contributed by atoms with Crippen LogP contribution in [0.2, 0.25) is 0 Å². The van der Waals surface area contributed by atoms with Gasteiger partial charge in [0.05, 0.1) is 12.7 Å². The van der Waals surface area contributed by atoms with E-state index in [1.165, 1.54) is 0 Å². The molecule has 2 unspecified atom stereocenters. The lowest BCUT2D eigenvalue weighted by molar-refractivity contribution is 0.0496. The van der Waals surface area contributed by atoms with Crippen molar-refractivity contribution >= 4 is 5.82 Å². The van der Waals surface area contributed by atoms with Crippen molar-refractivity contribution in [2.45, 2.75) is 33.0 Å². The molecule has 0 amide bonds. The quantitative estimate of drug-likeness (QED) is 0.887. The molecule has 1 aromatic rings. The molecule has 0 aromatic carbocycles. The number of aromatic nitrogens is 1. The van der Waals surface area contributed by atoms with Gasteiger partial charge in [-0.2, -0.15) is 0 Å². The molecule has 1 aromatic heterocycles. The van der Waals surface area contributed by atoms with E-state index in [1.807, 2.05) is 19.1 Å². The minimum atomic E-state index is 0.0524. The van der Waals surface area contributed by atoms with Crippen molar-refractivity contribution < 1.29 is 9.84 Å². The Morgan fingerprint density at radius 3 is 2.89 bits per heavy atom. The Kier molecular flexibility index (Phi) is 4.19. The molecule has 2 heterocycles. The zero-order chi connectivity index (χ0) is 13.1. The van der Waals surface area contributed by atoms with Crippen LogP contribution in [0.3, 0.4) is 0 Å². The maximum absolute atomic E-state index is 9.16. The van der Waals surface area contributed by atoms with Crippen LogP contribution >= 0.6 is 0 Å². The molecule has 2 rings (SSSR count). The SMILES string of the molecule is COC1CN(c2ccc(CO)c(C)n2)CCC1C. The number of methoxy groups -OCH3 is 1. The highest BCUT2D eigenvalue weighted by Gasteiger charge is 2.26. The van der Waals surface area contributed by atoms with Gasteiger partial charge in [-0.3, -0.25) is 0 Å². The lowest BCUT2D eigenvalue weighted by Gasteiger charge is -2.37. The Labute approximate surface area is 109 Å². The molecule has 2 atom stereocenters. The van der Waals surface area contributed by atoms with Gasteiger partial charge in [0.1, 0.15) is 5.82 Å². The van der Waals surface area contributed by atoms with E-state index in [4.69, 9.17) is 9.84 Å². The Hall–Kier alpha value is -1.13. The second-order valence-corrected chi connectivity index (χ2v) is 5.06. The van der Waals surface area contributed by atoms with Crippen LogP contribution in [0.15, 0.2) is 12.1 Å². The summed E-state index contributed by atoms with van der Waals surface area (Å²) in [6.45, 7) is 6.14. The number of aliphatic hydroxyl groups is 1. The highest BCUT2D eigenvalue weighted by atomic mass is 16.5. The fraction of sp³-hybridized carbons (Fsp3) is 0.643. The summed E-state index contributed by atoms with van der Waals surface area (Å²) >= 11 is 0. The van der Waals surface area contributed by atoms with E-state index in [0.717, 1.165) is 36.6 Å². The summed E-state index contributed by atoms with van der Waals surface area (Å²) in [4.78, 5) is 6.84. The largest absolute Gasteiger partial charge is 0.392 e. The van der Waals surface area contributed by atoms with Gasteiger partial charge in [0.2, 0.25) is 0 Å². The molecular weight excluding hydrogens is 228 g/mol. The highest BCUT2D eigenvalue weighted by molar-refractivity contribution is 5.42. The second kappa shape index (κ2) is 5.67. The smallest absolute Gasteiger partial charge is 0.128 e. The fourth-order valence-corrected chi connectivity index (χ4v) is 2.47. The minimum absolute atomic E-state index is 0.0524. The number of piperidine rings is 1. The molecule has 1 fully saturated rings. The summed E-state index contributed by atoms with van der Waals surface area (Å²) in [5.74, 6) is 1.59. The van der Waals surface area contributed by atoms with Crippen molar-refractivity contribution in [1.29, 1.82) is 0 Å². The predicted molar refractivity (Wildman–Crippen MR) is 71.7 cm³/mol. The van der Waals surface area contributed by atoms with Crippen molar-refractivity contribution in [1.82, 2.24) is 4.98 Å². The monoisotopic (exact) mass is 250 g/mol. The van der Waals surface area contributed by atoms with Gasteiger partial charge in [0, 0.05) is 25.9 Å². The third-order valence-corrected chi connectivity index (χ3v) is 3.87. The standard InChI is InChI=1S/C14H22N2O2/c1-10-6-7-16(8-13(10)18-3)14-5-4-12(9-17)11(2)15-14/h4-5,10,13,17H,6-9H2,1-3H3. The first-order valence-electron chi connectivity index (χ1n) is 6.50. The van der Waals surface area contributed by atoms with Crippen LogP contribution in [0.1, 0.15) is 24.6 Å². The number of ether oxygens (including phenoxy) is 1. The first-order valence-corrected chi connectivity index (χ1v) is 6.50. The number of pyridine rings is 1. The van der Waals surface area contributed by atoms with Crippen LogP contribution in [0.25, 0.3) is 0 Å². The van der Waals surface area contributed by atoms with Crippen LogP contribution in [0.4, 0.5) is 5.82 Å². The van der Waals surface area contributed by atoms with Crippen LogP contribution in [0, 0.1) is 12.8 Å². The van der Waals surface area contributed by atoms with E-state index in [9.17, 15) is 0 Å². The molecule has 100 valence electrons. The zero-order valence-corrected chi connectivity index (χ0v) is 11.4. The Bertz CT molecular complexity index is 409. The molecule has 0 aliphatic carbocycles. The van der Waals surface area contributed by atoms with Gasteiger partial charge in [-0.05, 0) is 30.9 Å². The molecule has 1 aliphatic rings. The van der Waals surface area contributed by atoms with E-state index in [1.54, 1.807) is 7.11 Å². The molecule has 0 bridgehead atoms. The number of anilines is 1. The predicted octanol–water partition coefficient (Wildman–Crippen LogP) is 1.74. The van der Waals surface area contributed by atoms with Crippen LogP contribution < -0.4 is 4.90 Å². The lowest BCUT2D eigenvalue weighted by Crippen LogP contribution is -2.44. The van der Waals surface area contributed by atoms with Gasteiger partial charge in [0.15, 0.2) is 0 Å². The fourth-order valence-electron chi connectivity index (χ4n) is 2.47. The summed E-state index contributed by atoms with van der Waals surface area (Å²) in [5, 5.41) is 9.16. The van der Waals surface area contributed by atoms with E-state index in [0.29, 0.717) is 5.92 Å². The maximum atomic E-state index is 9.16. The molecule has 1 aliphatic heterocycles. The molecule has 0 radical (unpaired) electrons. The van der Waals surface area contributed by atoms with Gasteiger partial charge in [0.25, 0.3) is 0 Å². The first-order chi connectivity index (χ1) is 8.65. The summed E-state index contributed by atoms with van der Waals surface area (Å²) in [6, 6.07) is 3.94. The molecule has 1 N–H and O–H groups in total.